The normalized spacial score (nSPS) is 11.0. The summed E-state index contributed by atoms with van der Waals surface area (Å²) in [5.74, 6) is 0.777. The zero-order valence-corrected chi connectivity index (χ0v) is 13.1. The van der Waals surface area contributed by atoms with Crippen LogP contribution in [0.3, 0.4) is 0 Å². The Labute approximate surface area is 121 Å². The summed E-state index contributed by atoms with van der Waals surface area (Å²) in [6.07, 6.45) is 3.88. The van der Waals surface area contributed by atoms with Gasteiger partial charge in [-0.05, 0) is 22.4 Å². The van der Waals surface area contributed by atoms with Crippen molar-refractivity contribution in [2.24, 2.45) is 0 Å². The second-order valence-corrected chi connectivity index (χ2v) is 7.02. The monoisotopic (exact) mass is 348 g/mol. The van der Waals surface area contributed by atoms with Gasteiger partial charge in [-0.25, -0.2) is 14.9 Å². The second kappa shape index (κ2) is 6.53. The van der Waals surface area contributed by atoms with Gasteiger partial charge >= 0.3 is 5.69 Å². The summed E-state index contributed by atoms with van der Waals surface area (Å²) in [5, 5.41) is 7.30. The van der Waals surface area contributed by atoms with E-state index < -0.39 is 0 Å². The van der Waals surface area contributed by atoms with E-state index in [1.165, 1.54) is 0 Å². The van der Waals surface area contributed by atoms with Gasteiger partial charge in [-0.15, -0.1) is 16.4 Å². The van der Waals surface area contributed by atoms with Crippen LogP contribution in [-0.4, -0.2) is 19.7 Å². The van der Waals surface area contributed by atoms with E-state index in [9.17, 15) is 4.79 Å². The summed E-state index contributed by atoms with van der Waals surface area (Å²) in [4.78, 5) is 16.9. The van der Waals surface area contributed by atoms with Crippen molar-refractivity contribution < 1.29 is 0 Å². The minimum Gasteiger partial charge on any atom is -0.270 e. The predicted molar refractivity (Wildman–Crippen MR) is 77.1 cm³/mol. The predicted octanol–water partition coefficient (Wildman–Crippen LogP) is 2.88. The summed E-state index contributed by atoms with van der Waals surface area (Å²) >= 11 is 6.48. The first-order valence-electron chi connectivity index (χ1n) is 5.59. The molecule has 2 aromatic rings. The second-order valence-electron chi connectivity index (χ2n) is 3.68. The largest absolute Gasteiger partial charge is 0.343 e. The molecular formula is C10H13BrN4OS2. The molecule has 2 rings (SSSR count). The first kappa shape index (κ1) is 13.8. The van der Waals surface area contributed by atoms with Crippen LogP contribution in [0.1, 0.15) is 24.6 Å². The van der Waals surface area contributed by atoms with E-state index in [1.807, 2.05) is 6.20 Å². The van der Waals surface area contributed by atoms with Gasteiger partial charge in [-0.3, -0.25) is 4.57 Å². The van der Waals surface area contributed by atoms with Crippen molar-refractivity contribution >= 4 is 39.0 Å². The molecule has 18 heavy (non-hydrogen) atoms. The third-order valence-electron chi connectivity index (χ3n) is 2.33. The van der Waals surface area contributed by atoms with E-state index in [4.69, 9.17) is 0 Å². The van der Waals surface area contributed by atoms with E-state index in [0.29, 0.717) is 0 Å². The van der Waals surface area contributed by atoms with Gasteiger partial charge in [0.2, 0.25) is 0 Å². The third-order valence-corrected chi connectivity index (χ3v) is 5.01. The van der Waals surface area contributed by atoms with Crippen molar-refractivity contribution in [3.63, 3.8) is 0 Å². The lowest BCUT2D eigenvalue weighted by Crippen LogP contribution is -2.17. The zero-order chi connectivity index (χ0) is 13.0. The number of halogens is 1. The fourth-order valence-electron chi connectivity index (χ4n) is 1.41. The molecule has 0 aliphatic carbocycles. The van der Waals surface area contributed by atoms with Gasteiger partial charge < -0.3 is 0 Å². The molecule has 0 amide bonds. The molecule has 0 saturated heterocycles. The molecule has 0 bridgehead atoms. The van der Waals surface area contributed by atoms with Crippen molar-refractivity contribution in [2.45, 2.75) is 37.2 Å². The summed E-state index contributed by atoms with van der Waals surface area (Å²) in [7, 11) is 0. The molecule has 98 valence electrons. The number of nitrogens with zero attached hydrogens (tertiary/aromatic N) is 3. The van der Waals surface area contributed by atoms with Crippen LogP contribution in [-0.2, 0) is 12.3 Å². The van der Waals surface area contributed by atoms with E-state index in [0.717, 1.165) is 39.1 Å². The summed E-state index contributed by atoms with van der Waals surface area (Å²) in [6, 6.07) is 0. The Hall–Kier alpha value is -0.600. The van der Waals surface area contributed by atoms with Crippen LogP contribution in [0.4, 0.5) is 0 Å². The maximum Gasteiger partial charge on any atom is 0.343 e. The topological polar surface area (TPSA) is 63.6 Å². The fourth-order valence-corrected chi connectivity index (χ4v) is 3.76. The first-order valence-corrected chi connectivity index (χ1v) is 8.18. The first-order chi connectivity index (χ1) is 8.70. The number of thiazole rings is 1. The van der Waals surface area contributed by atoms with E-state index >= 15 is 0 Å². The number of nitrogens with one attached hydrogen (secondary N) is 1. The Bertz CT molecular complexity index is 562. The van der Waals surface area contributed by atoms with Crippen LogP contribution in [0.5, 0.6) is 0 Å². The van der Waals surface area contributed by atoms with Crippen LogP contribution in [0, 0.1) is 0 Å². The van der Waals surface area contributed by atoms with E-state index in [2.05, 4.69) is 38.0 Å². The summed E-state index contributed by atoms with van der Waals surface area (Å²) in [5.41, 5.74) is -0.128. The van der Waals surface area contributed by atoms with Gasteiger partial charge in [0.05, 0.1) is 0 Å². The maximum absolute atomic E-state index is 11.6. The number of thioether (sulfide) groups is 1. The molecule has 0 aromatic carbocycles. The Morgan fingerprint density at radius 3 is 3.11 bits per heavy atom. The average Bonchev–Trinajstić information content (AvgIpc) is 2.91. The summed E-state index contributed by atoms with van der Waals surface area (Å²) < 4.78 is 2.58. The zero-order valence-electron chi connectivity index (χ0n) is 9.85. The molecule has 2 aromatic heterocycles. The average molecular weight is 349 g/mol. The van der Waals surface area contributed by atoms with Gasteiger partial charge in [-0.2, -0.15) is 0 Å². The lowest BCUT2D eigenvalue weighted by Gasteiger charge is -2.03. The third kappa shape index (κ3) is 3.46. The molecule has 0 fully saturated rings. The summed E-state index contributed by atoms with van der Waals surface area (Å²) in [6.45, 7) is 2.83. The number of rotatable bonds is 6. The van der Waals surface area contributed by atoms with Gasteiger partial charge in [0, 0.05) is 23.4 Å². The van der Waals surface area contributed by atoms with Crippen molar-refractivity contribution in [1.82, 2.24) is 19.7 Å². The highest BCUT2D eigenvalue weighted by Gasteiger charge is 2.09. The Morgan fingerprint density at radius 2 is 2.44 bits per heavy atom. The van der Waals surface area contributed by atoms with Crippen molar-refractivity contribution in [1.29, 1.82) is 0 Å². The molecule has 5 nitrogen and oxygen atoms in total. The minimum atomic E-state index is -0.128. The number of hydrogen-bond donors (Lipinski definition) is 1. The van der Waals surface area contributed by atoms with Crippen LogP contribution in [0.25, 0.3) is 0 Å². The van der Waals surface area contributed by atoms with Gasteiger partial charge in [0.1, 0.15) is 0 Å². The molecule has 0 unspecified atom stereocenters. The van der Waals surface area contributed by atoms with Gasteiger partial charge in [0.25, 0.3) is 0 Å². The standard InChI is InChI=1S/C10H13BrN4OS2/c1-2-3-4-15-9(16)13-14-10(15)17-6-7-5-12-8(11)18-7/h5H,2-4,6H2,1H3,(H,13,16). The number of hydrogen-bond acceptors (Lipinski definition) is 5. The fraction of sp³-hybridized carbons (Fsp3) is 0.500. The number of aromatic amines is 1. The molecule has 1 N–H and O–H groups in total. The van der Waals surface area contributed by atoms with Crippen molar-refractivity contribution in [3.05, 3.63) is 25.5 Å². The van der Waals surface area contributed by atoms with Crippen LogP contribution < -0.4 is 5.69 Å². The lowest BCUT2D eigenvalue weighted by molar-refractivity contribution is 0.573. The van der Waals surface area contributed by atoms with Crippen molar-refractivity contribution in [3.8, 4) is 0 Å². The number of H-pyrrole nitrogens is 1. The lowest BCUT2D eigenvalue weighted by atomic mass is 10.3. The molecule has 8 heteroatoms. The molecule has 0 radical (unpaired) electrons. The van der Waals surface area contributed by atoms with Crippen LogP contribution in [0.15, 0.2) is 20.1 Å². The Morgan fingerprint density at radius 1 is 1.61 bits per heavy atom. The Kier molecular flexibility index (Phi) is 5.02. The minimum absolute atomic E-state index is 0.128. The molecule has 0 saturated carbocycles. The smallest absolute Gasteiger partial charge is 0.270 e. The number of aromatic nitrogens is 4. The van der Waals surface area contributed by atoms with Crippen LogP contribution in [0.2, 0.25) is 0 Å². The van der Waals surface area contributed by atoms with E-state index in [-0.39, 0.29) is 5.69 Å². The molecule has 0 atom stereocenters. The highest BCUT2D eigenvalue weighted by molar-refractivity contribution is 9.11. The maximum atomic E-state index is 11.6. The highest BCUT2D eigenvalue weighted by atomic mass is 79.9. The van der Waals surface area contributed by atoms with Gasteiger partial charge in [0.15, 0.2) is 9.07 Å². The molecule has 0 aliphatic rings. The van der Waals surface area contributed by atoms with Crippen LogP contribution >= 0.6 is 39.0 Å². The molecular weight excluding hydrogens is 336 g/mol. The van der Waals surface area contributed by atoms with Gasteiger partial charge in [-0.1, -0.05) is 25.1 Å². The highest BCUT2D eigenvalue weighted by Crippen LogP contribution is 2.25. The molecule has 0 spiro atoms. The molecule has 0 aliphatic heterocycles. The molecule has 2 heterocycles. The van der Waals surface area contributed by atoms with E-state index in [1.54, 1.807) is 27.7 Å². The Balaban J connectivity index is 2.02. The number of unbranched alkanes of at least 4 members (excludes halogenated alkanes) is 1. The SMILES string of the molecule is CCCCn1c(SCc2cnc(Br)s2)n[nH]c1=O. The van der Waals surface area contributed by atoms with Crippen molar-refractivity contribution in [2.75, 3.05) is 0 Å². The quantitative estimate of drug-likeness (QED) is 0.815.